The van der Waals surface area contributed by atoms with Crippen molar-refractivity contribution in [3.63, 3.8) is 0 Å². The molecule has 1 saturated heterocycles. The smallest absolute Gasteiger partial charge is 0.319 e. The van der Waals surface area contributed by atoms with Crippen molar-refractivity contribution < 1.29 is 4.79 Å². The molecule has 5 heteroatoms. The molecule has 1 aliphatic rings. The van der Waals surface area contributed by atoms with Gasteiger partial charge in [0.15, 0.2) is 0 Å². The van der Waals surface area contributed by atoms with Gasteiger partial charge in [0.1, 0.15) is 0 Å². The van der Waals surface area contributed by atoms with E-state index in [4.69, 9.17) is 11.6 Å². The summed E-state index contributed by atoms with van der Waals surface area (Å²) in [5.74, 6) is 0. The van der Waals surface area contributed by atoms with Crippen LogP contribution in [0.2, 0.25) is 5.02 Å². The zero-order chi connectivity index (χ0) is 22.5. The molecule has 1 fully saturated rings. The monoisotopic (exact) mass is 447 g/mol. The number of nitrogens with zero attached hydrogens (tertiary/aromatic N) is 1. The van der Waals surface area contributed by atoms with Gasteiger partial charge in [-0.2, -0.15) is 0 Å². The van der Waals surface area contributed by atoms with E-state index >= 15 is 0 Å². The summed E-state index contributed by atoms with van der Waals surface area (Å²) in [5.41, 5.74) is 7.13. The van der Waals surface area contributed by atoms with E-state index in [-0.39, 0.29) is 12.1 Å². The van der Waals surface area contributed by atoms with Crippen molar-refractivity contribution in [3.05, 3.63) is 88.4 Å². The molecular formula is C27H30ClN3O. The van der Waals surface area contributed by atoms with Crippen LogP contribution in [0.1, 0.15) is 29.5 Å². The second kappa shape index (κ2) is 10.2. The summed E-state index contributed by atoms with van der Waals surface area (Å²) in [4.78, 5) is 14.8. The predicted octanol–water partition coefficient (Wildman–Crippen LogP) is 6.41. The van der Waals surface area contributed by atoms with Gasteiger partial charge >= 0.3 is 6.03 Å². The Morgan fingerprint density at radius 1 is 0.969 bits per heavy atom. The Morgan fingerprint density at radius 2 is 1.66 bits per heavy atom. The van der Waals surface area contributed by atoms with E-state index in [0.29, 0.717) is 5.02 Å². The lowest BCUT2D eigenvalue weighted by atomic mass is 9.99. The van der Waals surface area contributed by atoms with Gasteiger partial charge < -0.3 is 10.6 Å². The second-order valence-corrected chi connectivity index (χ2v) is 9.19. The highest BCUT2D eigenvalue weighted by Gasteiger charge is 2.21. The average molecular weight is 448 g/mol. The first-order chi connectivity index (χ1) is 15.4. The van der Waals surface area contributed by atoms with Crippen LogP contribution in [0.4, 0.5) is 10.5 Å². The quantitative estimate of drug-likeness (QED) is 0.474. The molecule has 1 heterocycles. The largest absolute Gasteiger partial charge is 0.334 e. The number of aryl methyl sites for hydroxylation is 2. The molecule has 4 rings (SSSR count). The van der Waals surface area contributed by atoms with Gasteiger partial charge in [-0.25, -0.2) is 4.79 Å². The first kappa shape index (κ1) is 22.4. The third-order valence-electron chi connectivity index (χ3n) is 5.86. The van der Waals surface area contributed by atoms with E-state index in [9.17, 15) is 4.79 Å². The minimum Gasteiger partial charge on any atom is -0.334 e. The van der Waals surface area contributed by atoms with Crippen LogP contribution in [0.5, 0.6) is 0 Å². The van der Waals surface area contributed by atoms with Crippen molar-refractivity contribution in [2.45, 2.75) is 39.3 Å². The Morgan fingerprint density at radius 3 is 2.34 bits per heavy atom. The van der Waals surface area contributed by atoms with E-state index in [1.165, 1.54) is 27.8 Å². The number of hydrogen-bond donors (Lipinski definition) is 2. The van der Waals surface area contributed by atoms with Gasteiger partial charge in [-0.05, 0) is 74.2 Å². The van der Waals surface area contributed by atoms with E-state index in [1.807, 2.05) is 0 Å². The molecule has 0 bridgehead atoms. The fourth-order valence-electron chi connectivity index (χ4n) is 4.40. The molecule has 2 N–H and O–H groups in total. The molecule has 3 aromatic rings. The minimum absolute atomic E-state index is 0.144. The highest BCUT2D eigenvalue weighted by atomic mass is 35.5. The van der Waals surface area contributed by atoms with Crippen LogP contribution in [0.25, 0.3) is 11.1 Å². The highest BCUT2D eigenvalue weighted by molar-refractivity contribution is 6.30. The number of benzene rings is 3. The molecule has 0 aliphatic carbocycles. The van der Waals surface area contributed by atoms with Gasteiger partial charge in [0, 0.05) is 29.8 Å². The van der Waals surface area contributed by atoms with Gasteiger partial charge in [-0.3, -0.25) is 4.90 Å². The number of carbonyl (C=O) groups is 1. The second-order valence-electron chi connectivity index (χ2n) is 8.75. The Balaban J connectivity index is 1.31. The fourth-order valence-corrected chi connectivity index (χ4v) is 4.53. The Labute approximate surface area is 195 Å². The molecular weight excluding hydrogens is 418 g/mol. The van der Waals surface area contributed by atoms with Crippen molar-refractivity contribution in [1.82, 2.24) is 10.2 Å². The van der Waals surface area contributed by atoms with Crippen LogP contribution < -0.4 is 10.6 Å². The number of anilines is 1. The maximum Gasteiger partial charge on any atom is 0.319 e. The normalized spacial score (nSPS) is 16.5. The zero-order valence-electron chi connectivity index (χ0n) is 18.7. The van der Waals surface area contributed by atoms with Crippen LogP contribution in [0, 0.1) is 13.8 Å². The first-order valence-electron chi connectivity index (χ1n) is 11.2. The summed E-state index contributed by atoms with van der Waals surface area (Å²) in [7, 11) is 0. The van der Waals surface area contributed by atoms with Crippen LogP contribution in [0.3, 0.4) is 0 Å². The summed E-state index contributed by atoms with van der Waals surface area (Å²) in [6, 6.07) is 22.6. The standard InChI is InChI=1S/C27H30ClN3O/c1-19-14-20(2)16-23(15-19)22-7-5-21(6-8-22)17-31-13-3-4-26(18-31)30-27(32)29-25-11-9-24(28)10-12-25/h5-12,14-16,26H,3-4,13,17-18H2,1-2H3,(H2,29,30,32). The summed E-state index contributed by atoms with van der Waals surface area (Å²) in [6.45, 7) is 7.08. The third kappa shape index (κ3) is 6.12. The number of urea groups is 1. The molecule has 4 nitrogen and oxygen atoms in total. The molecule has 0 aromatic heterocycles. The van der Waals surface area contributed by atoms with Crippen molar-refractivity contribution in [3.8, 4) is 11.1 Å². The average Bonchev–Trinajstić information content (AvgIpc) is 2.75. The zero-order valence-corrected chi connectivity index (χ0v) is 19.5. The van der Waals surface area contributed by atoms with Gasteiger partial charge in [0.2, 0.25) is 0 Å². The summed E-state index contributed by atoms with van der Waals surface area (Å²) in [6.07, 6.45) is 2.07. The molecule has 3 aromatic carbocycles. The minimum atomic E-state index is -0.169. The van der Waals surface area contributed by atoms with E-state index in [0.717, 1.165) is 38.2 Å². The molecule has 0 radical (unpaired) electrons. The van der Waals surface area contributed by atoms with Gasteiger partial charge in [0.25, 0.3) is 0 Å². The molecule has 1 aliphatic heterocycles. The molecule has 0 saturated carbocycles. The number of amides is 2. The predicted molar refractivity (Wildman–Crippen MR) is 133 cm³/mol. The van der Waals surface area contributed by atoms with Crippen LogP contribution in [-0.4, -0.2) is 30.1 Å². The van der Waals surface area contributed by atoms with Crippen LogP contribution in [-0.2, 0) is 6.54 Å². The summed E-state index contributed by atoms with van der Waals surface area (Å²) >= 11 is 5.90. The Bertz CT molecular complexity index is 1040. The lowest BCUT2D eigenvalue weighted by Gasteiger charge is -2.33. The highest BCUT2D eigenvalue weighted by Crippen LogP contribution is 2.23. The van der Waals surface area contributed by atoms with Crippen molar-refractivity contribution in [1.29, 1.82) is 0 Å². The molecule has 0 spiro atoms. The van der Waals surface area contributed by atoms with E-state index in [1.54, 1.807) is 24.3 Å². The number of rotatable bonds is 5. The third-order valence-corrected chi connectivity index (χ3v) is 6.11. The van der Waals surface area contributed by atoms with Crippen LogP contribution in [0.15, 0.2) is 66.7 Å². The maximum absolute atomic E-state index is 12.4. The number of hydrogen-bond acceptors (Lipinski definition) is 2. The number of piperidine rings is 1. The summed E-state index contributed by atoms with van der Waals surface area (Å²) < 4.78 is 0. The number of carbonyl (C=O) groups excluding carboxylic acids is 1. The van der Waals surface area contributed by atoms with Crippen molar-refractivity contribution in [2.24, 2.45) is 0 Å². The number of halogens is 1. The summed E-state index contributed by atoms with van der Waals surface area (Å²) in [5, 5.41) is 6.65. The SMILES string of the molecule is Cc1cc(C)cc(-c2ccc(CN3CCCC(NC(=O)Nc4ccc(Cl)cc4)C3)cc2)c1. The first-order valence-corrected chi connectivity index (χ1v) is 11.6. The van der Waals surface area contributed by atoms with E-state index in [2.05, 4.69) is 71.8 Å². The van der Waals surface area contributed by atoms with Crippen molar-refractivity contribution >= 4 is 23.3 Å². The molecule has 166 valence electrons. The topological polar surface area (TPSA) is 44.4 Å². The molecule has 1 unspecified atom stereocenters. The lowest BCUT2D eigenvalue weighted by molar-refractivity contribution is 0.183. The number of nitrogens with one attached hydrogen (secondary N) is 2. The lowest BCUT2D eigenvalue weighted by Crippen LogP contribution is -2.48. The van der Waals surface area contributed by atoms with Crippen LogP contribution >= 0.6 is 11.6 Å². The Hall–Kier alpha value is -2.82. The van der Waals surface area contributed by atoms with Gasteiger partial charge in [-0.1, -0.05) is 65.2 Å². The number of likely N-dealkylation sites (tertiary alicyclic amines) is 1. The molecule has 1 atom stereocenters. The molecule has 32 heavy (non-hydrogen) atoms. The molecule has 2 amide bonds. The fraction of sp³-hybridized carbons (Fsp3) is 0.296. The van der Waals surface area contributed by atoms with E-state index < -0.39 is 0 Å². The van der Waals surface area contributed by atoms with Crippen molar-refractivity contribution in [2.75, 3.05) is 18.4 Å². The maximum atomic E-state index is 12.4. The van der Waals surface area contributed by atoms with Gasteiger partial charge in [0.05, 0.1) is 0 Å². The van der Waals surface area contributed by atoms with Gasteiger partial charge in [-0.15, -0.1) is 0 Å². The Kier molecular flexibility index (Phi) is 7.13.